The molecule has 0 bridgehead atoms. The van der Waals surface area contributed by atoms with Crippen molar-refractivity contribution in [3.63, 3.8) is 0 Å². The minimum absolute atomic E-state index is 0.0379. The molecule has 2 aromatic rings. The molecule has 1 fully saturated rings. The maximum atomic E-state index is 12.5. The molecule has 0 amide bonds. The van der Waals surface area contributed by atoms with Gasteiger partial charge in [0.15, 0.2) is 11.5 Å². The van der Waals surface area contributed by atoms with Crippen LogP contribution in [0.1, 0.15) is 48.2 Å². The first-order valence-electron chi connectivity index (χ1n) is 8.43. The van der Waals surface area contributed by atoms with Crippen molar-refractivity contribution in [1.82, 2.24) is 14.7 Å². The fourth-order valence-corrected chi connectivity index (χ4v) is 3.30. The molecule has 1 aliphatic carbocycles. The van der Waals surface area contributed by atoms with E-state index >= 15 is 0 Å². The van der Waals surface area contributed by atoms with E-state index in [0.29, 0.717) is 11.5 Å². The number of aromatic hydroxyl groups is 1. The molecule has 1 N–H and O–H groups in total. The third-order valence-electron chi connectivity index (χ3n) is 4.79. The van der Waals surface area contributed by atoms with Gasteiger partial charge in [0, 0.05) is 32.1 Å². The molecule has 2 aromatic heterocycles. The number of Topliss-reactive ketones (excluding diaryl/α,β-unsaturated/α-hetero) is 1. The highest BCUT2D eigenvalue weighted by atomic mass is 16.5. The molecule has 0 saturated heterocycles. The van der Waals surface area contributed by atoms with Crippen molar-refractivity contribution in [2.45, 2.75) is 44.6 Å². The molecular formula is C17H22N4O4. The Morgan fingerprint density at radius 3 is 2.76 bits per heavy atom. The molecule has 8 nitrogen and oxygen atoms in total. The summed E-state index contributed by atoms with van der Waals surface area (Å²) in [4.78, 5) is 31.1. The lowest BCUT2D eigenvalue weighted by atomic mass is 9.95. The van der Waals surface area contributed by atoms with Crippen LogP contribution >= 0.6 is 0 Å². The van der Waals surface area contributed by atoms with E-state index in [1.165, 1.54) is 23.4 Å². The molecule has 0 aromatic carbocycles. The molecule has 1 aliphatic rings. The third-order valence-corrected chi connectivity index (χ3v) is 4.79. The topological polar surface area (TPSA) is 101 Å². The Morgan fingerprint density at radius 1 is 1.40 bits per heavy atom. The van der Waals surface area contributed by atoms with Crippen molar-refractivity contribution in [3.8, 4) is 5.75 Å². The number of hydrogen-bond donors (Lipinski definition) is 1. The maximum absolute atomic E-state index is 12.5. The van der Waals surface area contributed by atoms with Gasteiger partial charge in [0.2, 0.25) is 11.7 Å². The Hall–Kier alpha value is -2.64. The van der Waals surface area contributed by atoms with Crippen LogP contribution in [0.3, 0.4) is 0 Å². The number of rotatable bonds is 5. The highest BCUT2D eigenvalue weighted by Crippen LogP contribution is 2.25. The van der Waals surface area contributed by atoms with E-state index in [-0.39, 0.29) is 18.2 Å². The minimum atomic E-state index is -0.624. The quantitative estimate of drug-likeness (QED) is 0.822. The second-order valence-corrected chi connectivity index (χ2v) is 6.51. The van der Waals surface area contributed by atoms with Crippen molar-refractivity contribution >= 4 is 11.7 Å². The molecular weight excluding hydrogens is 324 g/mol. The molecule has 0 aliphatic heterocycles. The SMILES string of the molecule is CN(c1nc(C(=O)Cc2cnoc2)c(O)c(=O)n1C)C1CCCCC1. The van der Waals surface area contributed by atoms with E-state index in [1.54, 1.807) is 7.05 Å². The molecule has 0 atom stereocenters. The van der Waals surface area contributed by atoms with Gasteiger partial charge >= 0.3 is 0 Å². The molecule has 2 heterocycles. The summed E-state index contributed by atoms with van der Waals surface area (Å²) >= 11 is 0. The average molecular weight is 346 g/mol. The number of carbonyl (C=O) groups excluding carboxylic acids is 1. The zero-order valence-corrected chi connectivity index (χ0v) is 14.4. The van der Waals surface area contributed by atoms with Crippen LogP contribution in [0.15, 0.2) is 21.8 Å². The van der Waals surface area contributed by atoms with Gasteiger partial charge in [-0.05, 0) is 12.8 Å². The van der Waals surface area contributed by atoms with Gasteiger partial charge in [-0.25, -0.2) is 4.98 Å². The van der Waals surface area contributed by atoms with Crippen LogP contribution < -0.4 is 10.5 Å². The van der Waals surface area contributed by atoms with Gasteiger partial charge in [-0.2, -0.15) is 0 Å². The lowest BCUT2D eigenvalue weighted by molar-refractivity contribution is 0.0984. The van der Waals surface area contributed by atoms with Crippen LogP contribution in [0.25, 0.3) is 0 Å². The summed E-state index contributed by atoms with van der Waals surface area (Å²) in [6, 6.07) is 0.275. The summed E-state index contributed by atoms with van der Waals surface area (Å²) in [5.41, 5.74) is -0.266. The van der Waals surface area contributed by atoms with Gasteiger partial charge in [0.25, 0.3) is 5.56 Å². The number of anilines is 1. The van der Waals surface area contributed by atoms with Crippen molar-refractivity contribution in [3.05, 3.63) is 34.1 Å². The fraction of sp³-hybridized carbons (Fsp3) is 0.529. The Labute approximate surface area is 145 Å². The predicted molar refractivity (Wildman–Crippen MR) is 91.0 cm³/mol. The highest BCUT2D eigenvalue weighted by molar-refractivity contribution is 5.98. The van der Waals surface area contributed by atoms with Crippen LogP contribution in [-0.2, 0) is 13.5 Å². The van der Waals surface area contributed by atoms with Crippen LogP contribution in [0.4, 0.5) is 5.95 Å². The van der Waals surface area contributed by atoms with Crippen LogP contribution in [0.2, 0.25) is 0 Å². The summed E-state index contributed by atoms with van der Waals surface area (Å²) < 4.78 is 6.00. The lowest BCUT2D eigenvalue weighted by Crippen LogP contribution is -2.38. The summed E-state index contributed by atoms with van der Waals surface area (Å²) in [6.07, 6.45) is 8.28. The fourth-order valence-electron chi connectivity index (χ4n) is 3.30. The van der Waals surface area contributed by atoms with Crippen molar-refractivity contribution < 1.29 is 14.4 Å². The standard InChI is InChI=1S/C17H22N4O4/c1-20(12-6-4-3-5-7-12)17-19-14(15(23)16(24)21(17)2)13(22)8-11-9-18-25-10-11/h9-10,12,23H,3-8H2,1-2H3. The molecule has 1 saturated carbocycles. The van der Waals surface area contributed by atoms with E-state index < -0.39 is 17.1 Å². The highest BCUT2D eigenvalue weighted by Gasteiger charge is 2.26. The smallest absolute Gasteiger partial charge is 0.297 e. The molecule has 134 valence electrons. The van der Waals surface area contributed by atoms with Gasteiger partial charge in [-0.3, -0.25) is 14.2 Å². The minimum Gasteiger partial charge on any atom is -0.501 e. The zero-order valence-electron chi connectivity index (χ0n) is 14.4. The number of carbonyl (C=O) groups is 1. The first-order chi connectivity index (χ1) is 12.0. The van der Waals surface area contributed by atoms with Crippen LogP contribution in [0.5, 0.6) is 5.75 Å². The molecule has 25 heavy (non-hydrogen) atoms. The van der Waals surface area contributed by atoms with E-state index in [9.17, 15) is 14.7 Å². The van der Waals surface area contributed by atoms with E-state index in [1.807, 2.05) is 11.9 Å². The number of nitrogens with zero attached hydrogens (tertiary/aromatic N) is 4. The molecule has 8 heteroatoms. The average Bonchev–Trinajstić information content (AvgIpc) is 3.13. The number of hydrogen-bond acceptors (Lipinski definition) is 7. The number of aromatic nitrogens is 3. The van der Waals surface area contributed by atoms with E-state index in [2.05, 4.69) is 10.1 Å². The van der Waals surface area contributed by atoms with Gasteiger partial charge in [0.1, 0.15) is 6.26 Å². The monoisotopic (exact) mass is 346 g/mol. The normalized spacial score (nSPS) is 15.3. The van der Waals surface area contributed by atoms with Crippen molar-refractivity contribution in [2.24, 2.45) is 7.05 Å². The molecule has 3 rings (SSSR count). The van der Waals surface area contributed by atoms with Crippen LogP contribution in [-0.4, -0.2) is 38.7 Å². The van der Waals surface area contributed by atoms with Crippen LogP contribution in [0, 0.1) is 0 Å². The van der Waals surface area contributed by atoms with Gasteiger partial charge < -0.3 is 14.5 Å². The third kappa shape index (κ3) is 3.42. The second-order valence-electron chi connectivity index (χ2n) is 6.51. The zero-order chi connectivity index (χ0) is 18.0. The first-order valence-corrected chi connectivity index (χ1v) is 8.43. The number of ketones is 1. The lowest BCUT2D eigenvalue weighted by Gasteiger charge is -2.32. The second kappa shape index (κ2) is 7.08. The maximum Gasteiger partial charge on any atom is 0.297 e. The Bertz CT molecular complexity index is 807. The molecule has 0 radical (unpaired) electrons. The van der Waals surface area contributed by atoms with Gasteiger partial charge in [-0.1, -0.05) is 24.4 Å². The van der Waals surface area contributed by atoms with Gasteiger partial charge in [0.05, 0.1) is 6.20 Å². The predicted octanol–water partition coefficient (Wildman–Crippen LogP) is 1.67. The first kappa shape index (κ1) is 17.2. The van der Waals surface area contributed by atoms with E-state index in [4.69, 9.17) is 4.52 Å². The van der Waals surface area contributed by atoms with Crippen molar-refractivity contribution in [2.75, 3.05) is 11.9 Å². The largest absolute Gasteiger partial charge is 0.501 e. The van der Waals surface area contributed by atoms with Gasteiger partial charge in [-0.15, -0.1) is 0 Å². The molecule has 0 spiro atoms. The van der Waals surface area contributed by atoms with Crippen molar-refractivity contribution in [1.29, 1.82) is 0 Å². The molecule has 0 unspecified atom stereocenters. The summed E-state index contributed by atoms with van der Waals surface area (Å²) in [5, 5.41) is 13.7. The summed E-state index contributed by atoms with van der Waals surface area (Å²) in [7, 11) is 3.43. The Kier molecular flexibility index (Phi) is 4.87. The van der Waals surface area contributed by atoms with E-state index in [0.717, 1.165) is 25.7 Å². The Balaban J connectivity index is 1.95. The summed E-state index contributed by atoms with van der Waals surface area (Å²) in [6.45, 7) is 0. The summed E-state index contributed by atoms with van der Waals surface area (Å²) in [5.74, 6) is -0.676. The Morgan fingerprint density at radius 2 is 2.12 bits per heavy atom.